The summed E-state index contributed by atoms with van der Waals surface area (Å²) in [4.78, 5) is 12.8. The highest BCUT2D eigenvalue weighted by Crippen LogP contribution is 2.23. The predicted octanol–water partition coefficient (Wildman–Crippen LogP) is 4.74. The highest BCUT2D eigenvalue weighted by molar-refractivity contribution is 5.93. The van der Waals surface area contributed by atoms with Crippen LogP contribution in [0.1, 0.15) is 18.1 Å². The zero-order chi connectivity index (χ0) is 21.0. The van der Waals surface area contributed by atoms with Gasteiger partial charge in [0.2, 0.25) is 0 Å². The van der Waals surface area contributed by atoms with Crippen molar-refractivity contribution in [2.24, 2.45) is 0 Å². The smallest absolute Gasteiger partial charge is 0.258 e. The molecule has 0 saturated carbocycles. The summed E-state index contributed by atoms with van der Waals surface area (Å²) in [6.07, 6.45) is 2.30. The van der Waals surface area contributed by atoms with Crippen LogP contribution < -0.4 is 16.2 Å². The van der Waals surface area contributed by atoms with E-state index in [1.54, 1.807) is 23.8 Å². The maximum absolute atomic E-state index is 13.8. The standard InChI is InChI=1S/C24H26FN3O/c1-16(2)26-11-13-28-12-10-20-21(24(28)29)6-5-7-23(20)27-18(4)14-19-9-8-17(3)22(25)15-19/h5-10,12,15,26-27H,1,4,11,13-14H2,2-3H3. The molecular weight excluding hydrogens is 365 g/mol. The zero-order valence-corrected chi connectivity index (χ0v) is 16.9. The molecule has 4 nitrogen and oxygen atoms in total. The number of allylic oxidation sites excluding steroid dienone is 2. The zero-order valence-electron chi connectivity index (χ0n) is 16.9. The summed E-state index contributed by atoms with van der Waals surface area (Å²) in [5.41, 5.74) is 3.84. The number of nitrogens with zero attached hydrogens (tertiary/aromatic N) is 1. The van der Waals surface area contributed by atoms with Crippen LogP contribution in [0.5, 0.6) is 0 Å². The molecule has 3 aromatic rings. The maximum atomic E-state index is 13.8. The van der Waals surface area contributed by atoms with Crippen LogP contribution in [-0.4, -0.2) is 11.1 Å². The van der Waals surface area contributed by atoms with E-state index in [0.29, 0.717) is 30.5 Å². The third kappa shape index (κ3) is 4.93. The summed E-state index contributed by atoms with van der Waals surface area (Å²) in [5, 5.41) is 7.89. The Morgan fingerprint density at radius 1 is 1.14 bits per heavy atom. The molecule has 0 radical (unpaired) electrons. The highest BCUT2D eigenvalue weighted by atomic mass is 19.1. The molecule has 0 saturated heterocycles. The summed E-state index contributed by atoms with van der Waals surface area (Å²) < 4.78 is 15.5. The molecule has 0 aliphatic rings. The average molecular weight is 391 g/mol. The first-order valence-electron chi connectivity index (χ1n) is 9.56. The number of rotatable bonds is 8. The minimum absolute atomic E-state index is 0.0408. The normalized spacial score (nSPS) is 10.7. The Balaban J connectivity index is 1.79. The molecule has 5 heteroatoms. The van der Waals surface area contributed by atoms with Gasteiger partial charge in [0.1, 0.15) is 5.82 Å². The summed E-state index contributed by atoms with van der Waals surface area (Å²) in [6, 6.07) is 12.7. The Hall–Kier alpha value is -3.34. The van der Waals surface area contributed by atoms with Gasteiger partial charge in [0.15, 0.2) is 0 Å². The molecule has 0 aliphatic carbocycles. The van der Waals surface area contributed by atoms with Crippen molar-refractivity contribution >= 4 is 16.5 Å². The average Bonchev–Trinajstić information content (AvgIpc) is 2.67. The van der Waals surface area contributed by atoms with Gasteiger partial charge < -0.3 is 15.2 Å². The van der Waals surface area contributed by atoms with E-state index < -0.39 is 0 Å². The highest BCUT2D eigenvalue weighted by Gasteiger charge is 2.08. The van der Waals surface area contributed by atoms with Gasteiger partial charge in [-0.15, -0.1) is 0 Å². The first-order valence-corrected chi connectivity index (χ1v) is 9.56. The van der Waals surface area contributed by atoms with Crippen molar-refractivity contribution in [3.05, 3.63) is 101 Å². The number of benzene rings is 2. The Morgan fingerprint density at radius 3 is 2.66 bits per heavy atom. The second kappa shape index (κ2) is 8.78. The third-order valence-electron chi connectivity index (χ3n) is 4.76. The van der Waals surface area contributed by atoms with E-state index in [1.165, 1.54) is 6.07 Å². The fourth-order valence-electron chi connectivity index (χ4n) is 3.22. The first-order chi connectivity index (χ1) is 13.8. The molecular formula is C24H26FN3O. The molecule has 0 aliphatic heterocycles. The molecule has 0 spiro atoms. The van der Waals surface area contributed by atoms with E-state index in [1.807, 2.05) is 37.3 Å². The summed E-state index contributed by atoms with van der Waals surface area (Å²) in [7, 11) is 0. The number of fused-ring (bicyclic) bond motifs is 1. The number of aryl methyl sites for hydroxylation is 1. The van der Waals surface area contributed by atoms with Crippen LogP contribution in [0.4, 0.5) is 10.1 Å². The number of aromatic nitrogens is 1. The summed E-state index contributed by atoms with van der Waals surface area (Å²) in [5.74, 6) is -0.220. The number of anilines is 1. The van der Waals surface area contributed by atoms with Gasteiger partial charge in [0.25, 0.3) is 5.56 Å². The van der Waals surface area contributed by atoms with Crippen molar-refractivity contribution in [1.82, 2.24) is 9.88 Å². The fourth-order valence-corrected chi connectivity index (χ4v) is 3.22. The van der Waals surface area contributed by atoms with E-state index in [2.05, 4.69) is 23.8 Å². The number of hydrogen-bond acceptors (Lipinski definition) is 3. The molecule has 0 bridgehead atoms. The van der Waals surface area contributed by atoms with Gasteiger partial charge in [-0.1, -0.05) is 31.4 Å². The maximum Gasteiger partial charge on any atom is 0.258 e. The van der Waals surface area contributed by atoms with Crippen LogP contribution in [0.25, 0.3) is 10.8 Å². The van der Waals surface area contributed by atoms with Gasteiger partial charge in [-0.3, -0.25) is 4.79 Å². The molecule has 3 rings (SSSR count). The van der Waals surface area contributed by atoms with Gasteiger partial charge >= 0.3 is 0 Å². The largest absolute Gasteiger partial charge is 0.387 e. The molecule has 1 aromatic heterocycles. The SMILES string of the molecule is C=C(C)NCCn1ccc2c(NC(=C)Cc3ccc(C)c(F)c3)cccc2c1=O. The lowest BCUT2D eigenvalue weighted by atomic mass is 10.1. The van der Waals surface area contributed by atoms with Crippen molar-refractivity contribution in [3.63, 3.8) is 0 Å². The monoisotopic (exact) mass is 391 g/mol. The lowest BCUT2D eigenvalue weighted by molar-refractivity contribution is 0.616. The minimum Gasteiger partial charge on any atom is -0.387 e. The lowest BCUT2D eigenvalue weighted by Crippen LogP contribution is -2.25. The quantitative estimate of drug-likeness (QED) is 0.583. The van der Waals surface area contributed by atoms with Crippen molar-refractivity contribution in [1.29, 1.82) is 0 Å². The van der Waals surface area contributed by atoms with E-state index in [9.17, 15) is 9.18 Å². The van der Waals surface area contributed by atoms with Crippen LogP contribution in [0.15, 0.2) is 78.0 Å². The van der Waals surface area contributed by atoms with E-state index in [4.69, 9.17) is 0 Å². The minimum atomic E-state index is -0.220. The van der Waals surface area contributed by atoms with Crippen molar-refractivity contribution < 1.29 is 4.39 Å². The van der Waals surface area contributed by atoms with Gasteiger partial charge in [0.05, 0.1) is 0 Å². The predicted molar refractivity (Wildman–Crippen MR) is 119 cm³/mol. The fraction of sp³-hybridized carbons (Fsp3) is 0.208. The number of pyridine rings is 1. The van der Waals surface area contributed by atoms with Crippen molar-refractivity contribution in [2.45, 2.75) is 26.8 Å². The molecule has 0 amide bonds. The van der Waals surface area contributed by atoms with Crippen LogP contribution in [0.2, 0.25) is 0 Å². The Labute approximate surface area is 170 Å². The number of nitrogens with one attached hydrogen (secondary N) is 2. The Bertz CT molecular complexity index is 1130. The summed E-state index contributed by atoms with van der Waals surface area (Å²) >= 11 is 0. The van der Waals surface area contributed by atoms with E-state index >= 15 is 0 Å². The molecule has 2 aromatic carbocycles. The molecule has 2 N–H and O–H groups in total. The van der Waals surface area contributed by atoms with Gasteiger partial charge in [-0.05, 0) is 49.2 Å². The Kier molecular flexibility index (Phi) is 6.17. The molecule has 0 unspecified atom stereocenters. The van der Waals surface area contributed by atoms with Crippen LogP contribution >= 0.6 is 0 Å². The van der Waals surface area contributed by atoms with Gasteiger partial charge in [0, 0.05) is 53.6 Å². The van der Waals surface area contributed by atoms with E-state index in [-0.39, 0.29) is 11.4 Å². The van der Waals surface area contributed by atoms with Crippen LogP contribution in [-0.2, 0) is 13.0 Å². The van der Waals surface area contributed by atoms with E-state index in [0.717, 1.165) is 28.0 Å². The van der Waals surface area contributed by atoms with Gasteiger partial charge in [-0.2, -0.15) is 0 Å². The second-order valence-corrected chi connectivity index (χ2v) is 7.28. The van der Waals surface area contributed by atoms with Crippen LogP contribution in [0, 0.1) is 12.7 Å². The third-order valence-corrected chi connectivity index (χ3v) is 4.76. The second-order valence-electron chi connectivity index (χ2n) is 7.28. The number of hydrogen-bond donors (Lipinski definition) is 2. The Morgan fingerprint density at radius 2 is 1.93 bits per heavy atom. The van der Waals surface area contributed by atoms with Gasteiger partial charge in [-0.25, -0.2) is 4.39 Å². The van der Waals surface area contributed by atoms with Crippen molar-refractivity contribution in [2.75, 3.05) is 11.9 Å². The first kappa shape index (κ1) is 20.4. The van der Waals surface area contributed by atoms with Crippen molar-refractivity contribution in [3.8, 4) is 0 Å². The molecule has 29 heavy (non-hydrogen) atoms. The summed E-state index contributed by atoms with van der Waals surface area (Å²) in [6.45, 7) is 12.7. The number of halogens is 1. The molecule has 150 valence electrons. The molecule has 1 heterocycles. The lowest BCUT2D eigenvalue weighted by Gasteiger charge is -2.14. The molecule has 0 atom stereocenters. The topological polar surface area (TPSA) is 46.1 Å². The van der Waals surface area contributed by atoms with Crippen LogP contribution in [0.3, 0.4) is 0 Å². The molecule has 0 fully saturated rings.